The molecule has 23 heavy (non-hydrogen) atoms. The van der Waals surface area contributed by atoms with E-state index in [1.807, 2.05) is 0 Å². The Kier molecular flexibility index (Phi) is 4.73. The second-order valence-electron chi connectivity index (χ2n) is 6.45. The van der Waals surface area contributed by atoms with E-state index in [1.54, 1.807) is 18.2 Å². The summed E-state index contributed by atoms with van der Waals surface area (Å²) < 4.78 is 34.5. The molecular formula is C17H22O5S. The van der Waals surface area contributed by atoms with Crippen molar-refractivity contribution in [3.05, 3.63) is 30.3 Å². The van der Waals surface area contributed by atoms with Crippen LogP contribution in [0.25, 0.3) is 0 Å². The van der Waals surface area contributed by atoms with Gasteiger partial charge in [0.25, 0.3) is 10.1 Å². The zero-order valence-corrected chi connectivity index (χ0v) is 13.9. The molecule has 1 saturated carbocycles. The molecule has 1 aliphatic carbocycles. The summed E-state index contributed by atoms with van der Waals surface area (Å²) in [5.74, 6) is -0.0576. The minimum absolute atomic E-state index is 0.0576. The SMILES string of the molecule is O=C1OC(CCCOS(=O)(=O)c2ccccc2)CC12CCCC2. The summed E-state index contributed by atoms with van der Waals surface area (Å²) in [5.41, 5.74) is -0.248. The van der Waals surface area contributed by atoms with Crippen LogP contribution in [-0.4, -0.2) is 27.1 Å². The van der Waals surface area contributed by atoms with Crippen LogP contribution in [0.3, 0.4) is 0 Å². The fourth-order valence-corrected chi connectivity index (χ4v) is 4.56. The summed E-state index contributed by atoms with van der Waals surface area (Å²) >= 11 is 0. The maximum Gasteiger partial charge on any atom is 0.312 e. The van der Waals surface area contributed by atoms with E-state index in [2.05, 4.69) is 0 Å². The first kappa shape index (κ1) is 16.5. The van der Waals surface area contributed by atoms with E-state index in [4.69, 9.17) is 8.92 Å². The molecule has 1 spiro atoms. The maximum absolute atomic E-state index is 12.0. The Bertz CT molecular complexity index is 647. The van der Waals surface area contributed by atoms with Gasteiger partial charge in [0.05, 0.1) is 16.9 Å². The number of esters is 1. The standard InChI is InChI=1S/C17H22O5S/c18-16-17(10-4-5-11-17)13-14(22-16)7-6-12-21-23(19,20)15-8-2-1-3-9-15/h1-3,8-9,14H,4-7,10-13H2. The summed E-state index contributed by atoms with van der Waals surface area (Å²) in [4.78, 5) is 12.2. The first-order valence-corrected chi connectivity index (χ1v) is 9.58. The largest absolute Gasteiger partial charge is 0.462 e. The van der Waals surface area contributed by atoms with E-state index < -0.39 is 10.1 Å². The Morgan fingerprint density at radius 1 is 1.17 bits per heavy atom. The number of carbonyl (C=O) groups is 1. The van der Waals surface area contributed by atoms with Crippen LogP contribution in [0.2, 0.25) is 0 Å². The van der Waals surface area contributed by atoms with Gasteiger partial charge in [-0.25, -0.2) is 0 Å². The van der Waals surface area contributed by atoms with E-state index in [-0.39, 0.29) is 29.0 Å². The van der Waals surface area contributed by atoms with E-state index in [9.17, 15) is 13.2 Å². The Balaban J connectivity index is 1.45. The van der Waals surface area contributed by atoms with Gasteiger partial charge < -0.3 is 4.74 Å². The molecule has 2 aliphatic rings. The molecule has 0 aromatic heterocycles. The van der Waals surface area contributed by atoms with Crippen LogP contribution >= 0.6 is 0 Å². The van der Waals surface area contributed by atoms with Crippen molar-refractivity contribution < 1.29 is 22.1 Å². The summed E-state index contributed by atoms with van der Waals surface area (Å²) in [7, 11) is -3.70. The van der Waals surface area contributed by atoms with Crippen molar-refractivity contribution in [2.45, 2.75) is 55.9 Å². The highest BCUT2D eigenvalue weighted by Gasteiger charge is 2.49. The van der Waals surface area contributed by atoms with Crippen molar-refractivity contribution in [1.29, 1.82) is 0 Å². The smallest absolute Gasteiger partial charge is 0.312 e. The van der Waals surface area contributed by atoms with E-state index in [0.29, 0.717) is 12.8 Å². The van der Waals surface area contributed by atoms with E-state index in [1.165, 1.54) is 12.1 Å². The minimum Gasteiger partial charge on any atom is -0.462 e. The van der Waals surface area contributed by atoms with Gasteiger partial charge in [0.15, 0.2) is 0 Å². The average Bonchev–Trinajstić information content (AvgIpc) is 3.13. The third kappa shape index (κ3) is 3.58. The summed E-state index contributed by atoms with van der Waals surface area (Å²) in [6.45, 7) is 0.109. The zero-order chi connectivity index (χ0) is 16.3. The Morgan fingerprint density at radius 2 is 1.87 bits per heavy atom. The molecule has 0 bridgehead atoms. The number of cyclic esters (lactones) is 1. The first-order valence-electron chi connectivity index (χ1n) is 8.17. The monoisotopic (exact) mass is 338 g/mol. The normalized spacial score (nSPS) is 23.3. The van der Waals surface area contributed by atoms with Gasteiger partial charge in [-0.1, -0.05) is 31.0 Å². The van der Waals surface area contributed by atoms with Crippen molar-refractivity contribution in [3.8, 4) is 0 Å². The van der Waals surface area contributed by atoms with Crippen molar-refractivity contribution in [1.82, 2.24) is 0 Å². The lowest BCUT2D eigenvalue weighted by molar-refractivity contribution is -0.148. The molecule has 5 nitrogen and oxygen atoms in total. The number of ether oxygens (including phenoxy) is 1. The lowest BCUT2D eigenvalue weighted by Crippen LogP contribution is -2.21. The highest BCUT2D eigenvalue weighted by Crippen LogP contribution is 2.48. The van der Waals surface area contributed by atoms with Crippen molar-refractivity contribution in [3.63, 3.8) is 0 Å². The Labute approximate surface area is 137 Å². The van der Waals surface area contributed by atoms with Gasteiger partial charge in [0.2, 0.25) is 0 Å². The average molecular weight is 338 g/mol. The molecule has 0 radical (unpaired) electrons. The molecule has 2 fully saturated rings. The molecule has 3 rings (SSSR count). The molecule has 6 heteroatoms. The number of carbonyl (C=O) groups excluding carboxylic acids is 1. The minimum atomic E-state index is -3.70. The molecule has 0 amide bonds. The van der Waals surface area contributed by atoms with Gasteiger partial charge in [-0.3, -0.25) is 8.98 Å². The van der Waals surface area contributed by atoms with E-state index in [0.717, 1.165) is 32.1 Å². The quantitative estimate of drug-likeness (QED) is 0.453. The van der Waals surface area contributed by atoms with Crippen LogP contribution in [0, 0.1) is 5.41 Å². The molecule has 1 saturated heterocycles. The lowest BCUT2D eigenvalue weighted by Gasteiger charge is -2.16. The van der Waals surface area contributed by atoms with Crippen LogP contribution in [-0.2, 0) is 23.8 Å². The number of benzene rings is 1. The third-order valence-corrected chi connectivity index (χ3v) is 6.15. The van der Waals surface area contributed by atoms with Crippen LogP contribution in [0.4, 0.5) is 0 Å². The van der Waals surface area contributed by atoms with Crippen molar-refractivity contribution in [2.75, 3.05) is 6.61 Å². The number of rotatable bonds is 6. The van der Waals surface area contributed by atoms with Crippen molar-refractivity contribution in [2.24, 2.45) is 5.41 Å². The fraction of sp³-hybridized carbons (Fsp3) is 0.588. The second-order valence-corrected chi connectivity index (χ2v) is 8.07. The predicted octanol–water partition coefficient (Wildman–Crippen LogP) is 3.05. The molecule has 1 atom stereocenters. The van der Waals surface area contributed by atoms with Crippen molar-refractivity contribution >= 4 is 16.1 Å². The summed E-state index contributed by atoms with van der Waals surface area (Å²) in [6.07, 6.45) is 5.95. The molecular weight excluding hydrogens is 316 g/mol. The number of hydrogen-bond donors (Lipinski definition) is 0. The summed E-state index contributed by atoms with van der Waals surface area (Å²) in [6, 6.07) is 8.10. The zero-order valence-electron chi connectivity index (χ0n) is 13.1. The lowest BCUT2D eigenvalue weighted by atomic mass is 9.82. The predicted molar refractivity (Wildman–Crippen MR) is 84.2 cm³/mol. The molecule has 0 N–H and O–H groups in total. The molecule has 1 aromatic carbocycles. The van der Waals surface area contributed by atoms with Crippen LogP contribution in [0.5, 0.6) is 0 Å². The molecule has 1 unspecified atom stereocenters. The van der Waals surface area contributed by atoms with Gasteiger partial charge in [0.1, 0.15) is 6.10 Å². The molecule has 1 heterocycles. The Morgan fingerprint density at radius 3 is 2.57 bits per heavy atom. The van der Waals surface area contributed by atoms with Crippen LogP contribution in [0.15, 0.2) is 35.2 Å². The van der Waals surface area contributed by atoms with Gasteiger partial charge in [-0.05, 0) is 37.8 Å². The topological polar surface area (TPSA) is 69.7 Å². The second kappa shape index (κ2) is 6.61. The molecule has 1 aliphatic heterocycles. The van der Waals surface area contributed by atoms with Gasteiger partial charge >= 0.3 is 5.97 Å². The third-order valence-electron chi connectivity index (χ3n) is 4.83. The highest BCUT2D eigenvalue weighted by molar-refractivity contribution is 7.86. The molecule has 1 aromatic rings. The van der Waals surface area contributed by atoms with Gasteiger partial charge in [-0.2, -0.15) is 8.42 Å². The summed E-state index contributed by atoms with van der Waals surface area (Å²) in [5, 5.41) is 0. The fourth-order valence-electron chi connectivity index (χ4n) is 3.59. The van der Waals surface area contributed by atoms with Gasteiger partial charge in [-0.15, -0.1) is 0 Å². The first-order chi connectivity index (χ1) is 11.0. The van der Waals surface area contributed by atoms with Crippen LogP contribution < -0.4 is 0 Å². The van der Waals surface area contributed by atoms with Crippen LogP contribution in [0.1, 0.15) is 44.9 Å². The number of hydrogen-bond acceptors (Lipinski definition) is 5. The van der Waals surface area contributed by atoms with E-state index >= 15 is 0 Å². The maximum atomic E-state index is 12.0. The van der Waals surface area contributed by atoms with Gasteiger partial charge in [0, 0.05) is 6.42 Å². The molecule has 126 valence electrons. The Hall–Kier alpha value is -1.40. The highest BCUT2D eigenvalue weighted by atomic mass is 32.2.